The van der Waals surface area contributed by atoms with Crippen LogP contribution in [0.2, 0.25) is 5.02 Å². The molecule has 6 nitrogen and oxygen atoms in total. The molecule has 0 aliphatic heterocycles. The number of ether oxygens (including phenoxy) is 2. The van der Waals surface area contributed by atoms with Gasteiger partial charge < -0.3 is 14.8 Å². The van der Waals surface area contributed by atoms with Crippen molar-refractivity contribution in [2.75, 3.05) is 20.3 Å². The van der Waals surface area contributed by atoms with Crippen molar-refractivity contribution >= 4 is 28.9 Å². The van der Waals surface area contributed by atoms with Crippen LogP contribution in [0.4, 0.5) is 13.2 Å². The van der Waals surface area contributed by atoms with Crippen molar-refractivity contribution in [3.63, 3.8) is 0 Å². The van der Waals surface area contributed by atoms with Gasteiger partial charge in [-0.3, -0.25) is 0 Å². The lowest BCUT2D eigenvalue weighted by atomic mass is 10.3. The van der Waals surface area contributed by atoms with Crippen LogP contribution in [0, 0.1) is 6.92 Å². The molecule has 0 unspecified atom stereocenters. The Hall–Kier alpha value is -1.91. The molecule has 1 N–H and O–H groups in total. The lowest BCUT2D eigenvalue weighted by Crippen LogP contribution is -2.32. The van der Waals surface area contributed by atoms with E-state index in [9.17, 15) is 13.2 Å². The second-order valence-corrected chi connectivity index (χ2v) is 5.67. The standard InChI is InChI=1S/C14H14ClF3N4O2S/c1-8-5-11(21-22(8)13(25)19-3-4-23-2)24-12-10(15)6-9(7-20-12)14(16,17)18/h5-7H,3-4H2,1-2H3,(H,19,25). The maximum Gasteiger partial charge on any atom is 0.417 e. The van der Waals surface area contributed by atoms with E-state index in [0.717, 1.165) is 6.07 Å². The molecular formula is C14H14ClF3N4O2S. The Morgan fingerprint density at radius 3 is 2.72 bits per heavy atom. The first-order valence-corrected chi connectivity index (χ1v) is 7.75. The molecule has 0 amide bonds. The fourth-order valence-electron chi connectivity index (χ4n) is 1.79. The fraction of sp³-hybridized carbons (Fsp3) is 0.357. The summed E-state index contributed by atoms with van der Waals surface area (Å²) in [6.07, 6.45) is -3.89. The third-order valence-corrected chi connectivity index (χ3v) is 3.56. The van der Waals surface area contributed by atoms with Gasteiger partial charge >= 0.3 is 6.18 Å². The number of hydrogen-bond acceptors (Lipinski definition) is 5. The molecule has 0 saturated carbocycles. The Balaban J connectivity index is 2.14. The second kappa shape index (κ2) is 7.98. The quantitative estimate of drug-likeness (QED) is 0.619. The summed E-state index contributed by atoms with van der Waals surface area (Å²) in [5, 5.41) is 7.12. The first kappa shape index (κ1) is 19.4. The Morgan fingerprint density at radius 1 is 1.40 bits per heavy atom. The monoisotopic (exact) mass is 394 g/mol. The van der Waals surface area contributed by atoms with Crippen LogP contribution in [0.3, 0.4) is 0 Å². The first-order valence-electron chi connectivity index (χ1n) is 6.96. The molecule has 0 saturated heterocycles. The average molecular weight is 395 g/mol. The minimum absolute atomic E-state index is 0.0996. The van der Waals surface area contributed by atoms with Gasteiger partial charge in [-0.2, -0.15) is 13.2 Å². The molecule has 2 rings (SSSR count). The van der Waals surface area contributed by atoms with E-state index < -0.39 is 11.7 Å². The zero-order valence-corrected chi connectivity index (χ0v) is 14.8. The highest BCUT2D eigenvalue weighted by Gasteiger charge is 2.32. The number of nitrogens with zero attached hydrogens (tertiary/aromatic N) is 3. The maximum atomic E-state index is 12.6. The number of pyridine rings is 1. The van der Waals surface area contributed by atoms with Crippen LogP contribution >= 0.6 is 23.8 Å². The summed E-state index contributed by atoms with van der Waals surface area (Å²) >= 11 is 11.0. The molecule has 0 fully saturated rings. The number of rotatable bonds is 5. The lowest BCUT2D eigenvalue weighted by Gasteiger charge is -2.09. The summed E-state index contributed by atoms with van der Waals surface area (Å²) in [7, 11) is 1.57. The number of halogens is 4. The predicted octanol–water partition coefficient (Wildman–Crippen LogP) is 3.42. The van der Waals surface area contributed by atoms with Gasteiger partial charge in [0.2, 0.25) is 11.8 Å². The molecular weight excluding hydrogens is 381 g/mol. The van der Waals surface area contributed by atoms with Crippen molar-refractivity contribution in [3.8, 4) is 11.8 Å². The molecule has 2 aromatic rings. The Kier molecular flexibility index (Phi) is 6.20. The molecule has 2 aromatic heterocycles. The number of hydrogen-bond donors (Lipinski definition) is 1. The number of alkyl halides is 3. The SMILES string of the molecule is COCCNC(=S)n1nc(Oc2ncc(C(F)(F)F)cc2Cl)cc1C. The van der Waals surface area contributed by atoms with E-state index in [1.54, 1.807) is 20.1 Å². The Bertz CT molecular complexity index is 767. The fourth-order valence-corrected chi connectivity index (χ4v) is 2.28. The molecule has 0 atom stereocenters. The van der Waals surface area contributed by atoms with E-state index in [1.165, 1.54) is 4.68 Å². The van der Waals surface area contributed by atoms with Crippen molar-refractivity contribution in [1.82, 2.24) is 20.1 Å². The van der Waals surface area contributed by atoms with Gasteiger partial charge in [-0.05, 0) is 25.2 Å². The van der Waals surface area contributed by atoms with Crippen LogP contribution in [0.5, 0.6) is 11.8 Å². The molecule has 136 valence electrons. The Morgan fingerprint density at radius 2 is 2.12 bits per heavy atom. The van der Waals surface area contributed by atoms with Gasteiger partial charge in [-0.25, -0.2) is 9.67 Å². The van der Waals surface area contributed by atoms with Crippen LogP contribution in [0.15, 0.2) is 18.3 Å². The summed E-state index contributed by atoms with van der Waals surface area (Å²) in [5.41, 5.74) is -0.303. The zero-order chi connectivity index (χ0) is 18.6. The van der Waals surface area contributed by atoms with E-state index in [1.807, 2.05) is 0 Å². The lowest BCUT2D eigenvalue weighted by molar-refractivity contribution is -0.137. The highest BCUT2D eigenvalue weighted by Crippen LogP contribution is 2.34. The van der Waals surface area contributed by atoms with Gasteiger partial charge in [-0.15, -0.1) is 5.10 Å². The highest BCUT2D eigenvalue weighted by molar-refractivity contribution is 7.80. The number of nitrogens with one attached hydrogen (secondary N) is 1. The zero-order valence-electron chi connectivity index (χ0n) is 13.2. The molecule has 0 aliphatic rings. The largest absolute Gasteiger partial charge is 0.417 e. The normalized spacial score (nSPS) is 11.4. The predicted molar refractivity (Wildman–Crippen MR) is 89.2 cm³/mol. The number of methoxy groups -OCH3 is 1. The van der Waals surface area contributed by atoms with E-state index in [4.69, 9.17) is 33.3 Å². The highest BCUT2D eigenvalue weighted by atomic mass is 35.5. The molecule has 0 spiro atoms. The van der Waals surface area contributed by atoms with Crippen LogP contribution < -0.4 is 10.1 Å². The van der Waals surface area contributed by atoms with Crippen molar-refractivity contribution in [2.45, 2.75) is 13.1 Å². The van der Waals surface area contributed by atoms with E-state index in [-0.39, 0.29) is 16.8 Å². The molecule has 2 heterocycles. The molecule has 25 heavy (non-hydrogen) atoms. The van der Waals surface area contributed by atoms with Gasteiger partial charge in [0.1, 0.15) is 5.02 Å². The number of aromatic nitrogens is 3. The summed E-state index contributed by atoms with van der Waals surface area (Å²) in [6, 6.07) is 2.30. The molecule has 0 bridgehead atoms. The van der Waals surface area contributed by atoms with Crippen LogP contribution in [0.1, 0.15) is 11.3 Å². The molecule has 11 heteroatoms. The van der Waals surface area contributed by atoms with Crippen LogP contribution in [-0.2, 0) is 10.9 Å². The van der Waals surface area contributed by atoms with E-state index in [0.29, 0.717) is 30.2 Å². The van der Waals surface area contributed by atoms with Crippen molar-refractivity contribution in [3.05, 3.63) is 34.6 Å². The van der Waals surface area contributed by atoms with Crippen LogP contribution in [-0.4, -0.2) is 40.1 Å². The Labute approximate surface area is 151 Å². The third kappa shape index (κ3) is 5.03. The minimum Gasteiger partial charge on any atom is -0.417 e. The van der Waals surface area contributed by atoms with Gasteiger partial charge in [0.25, 0.3) is 0 Å². The second-order valence-electron chi connectivity index (χ2n) is 4.87. The van der Waals surface area contributed by atoms with Gasteiger partial charge in [-0.1, -0.05) is 11.6 Å². The average Bonchev–Trinajstić information content (AvgIpc) is 2.89. The number of thiocarbonyl (C=S) groups is 1. The summed E-state index contributed by atoms with van der Waals surface area (Å²) < 4.78 is 49.5. The number of aryl methyl sites for hydroxylation is 1. The summed E-state index contributed by atoms with van der Waals surface area (Å²) in [5.74, 6) is -0.0832. The first-order chi connectivity index (χ1) is 11.7. The molecule has 0 radical (unpaired) electrons. The maximum absolute atomic E-state index is 12.6. The van der Waals surface area contributed by atoms with Crippen molar-refractivity contribution < 1.29 is 22.6 Å². The van der Waals surface area contributed by atoms with Crippen molar-refractivity contribution in [2.24, 2.45) is 0 Å². The van der Waals surface area contributed by atoms with E-state index >= 15 is 0 Å². The summed E-state index contributed by atoms with van der Waals surface area (Å²) in [4.78, 5) is 3.60. The van der Waals surface area contributed by atoms with Gasteiger partial charge in [0.05, 0.1) is 12.2 Å². The van der Waals surface area contributed by atoms with Gasteiger partial charge in [0.15, 0.2) is 5.11 Å². The van der Waals surface area contributed by atoms with Crippen molar-refractivity contribution in [1.29, 1.82) is 0 Å². The van der Waals surface area contributed by atoms with E-state index in [2.05, 4.69) is 15.4 Å². The van der Waals surface area contributed by atoms with Crippen LogP contribution in [0.25, 0.3) is 0 Å². The summed E-state index contributed by atoms with van der Waals surface area (Å²) in [6.45, 7) is 2.71. The van der Waals surface area contributed by atoms with Gasteiger partial charge in [0, 0.05) is 31.6 Å². The molecule has 0 aromatic carbocycles. The minimum atomic E-state index is -4.53. The smallest absolute Gasteiger partial charge is 0.417 e. The third-order valence-electron chi connectivity index (χ3n) is 2.98. The molecule has 0 aliphatic carbocycles. The topological polar surface area (TPSA) is 61.2 Å².